The Morgan fingerprint density at radius 2 is 1.88 bits per heavy atom. The van der Waals surface area contributed by atoms with E-state index >= 15 is 0 Å². The van der Waals surface area contributed by atoms with Crippen LogP contribution in [0.4, 0.5) is 18.9 Å². The number of likely N-dealkylation sites (tertiary alicyclic amines) is 1. The van der Waals surface area contributed by atoms with Crippen LogP contribution in [0.15, 0.2) is 16.9 Å². The molecule has 1 saturated carbocycles. The van der Waals surface area contributed by atoms with Gasteiger partial charge in [-0.1, -0.05) is 0 Å². The summed E-state index contributed by atoms with van der Waals surface area (Å²) in [7, 11) is 4.66. The molecule has 2 fully saturated rings. The number of ketones is 2. The highest BCUT2D eigenvalue weighted by molar-refractivity contribution is 6.24. The van der Waals surface area contributed by atoms with Gasteiger partial charge in [-0.15, -0.1) is 13.2 Å². The molecule has 3 aliphatic carbocycles. The number of phenols is 1. The molecule has 2 heterocycles. The van der Waals surface area contributed by atoms with Gasteiger partial charge in [-0.05, 0) is 58.8 Å². The van der Waals surface area contributed by atoms with E-state index in [4.69, 9.17) is 5.73 Å². The van der Waals surface area contributed by atoms with Gasteiger partial charge in [0.05, 0.1) is 17.3 Å². The third-order valence-electron chi connectivity index (χ3n) is 9.71. The van der Waals surface area contributed by atoms with Crippen LogP contribution in [-0.4, -0.2) is 99.9 Å². The van der Waals surface area contributed by atoms with E-state index in [1.807, 2.05) is 4.90 Å². The van der Waals surface area contributed by atoms with Crippen LogP contribution in [0.1, 0.15) is 35.6 Å². The summed E-state index contributed by atoms with van der Waals surface area (Å²) in [5.41, 5.74) is 0.402. The quantitative estimate of drug-likeness (QED) is 0.215. The van der Waals surface area contributed by atoms with E-state index in [0.717, 1.165) is 0 Å². The van der Waals surface area contributed by atoms with Crippen molar-refractivity contribution in [2.24, 2.45) is 23.5 Å². The molecule has 0 radical (unpaired) electrons. The molecular formula is C28H31F3N4O8. The molecular weight excluding hydrogens is 577 g/mol. The minimum absolute atomic E-state index is 0.0758. The maximum Gasteiger partial charge on any atom is 0.573 e. The first-order valence-corrected chi connectivity index (χ1v) is 13.8. The van der Waals surface area contributed by atoms with Crippen molar-refractivity contribution in [1.82, 2.24) is 9.80 Å². The molecule has 2 unspecified atom stereocenters. The minimum Gasteiger partial charge on any atom is -0.508 e. The number of hydrogen-bond acceptors (Lipinski definition) is 11. The molecule has 0 aromatic heterocycles. The first kappa shape index (κ1) is 29.3. The number of phenolic OH excluding ortho intramolecular Hbond substituents is 1. The first-order chi connectivity index (χ1) is 20.0. The largest absolute Gasteiger partial charge is 0.573 e. The maximum absolute atomic E-state index is 14.0. The number of anilines is 1. The standard InChI is InChI=1S/C28H31F3N4O8/c1-34(2)19-12-7-10-6-11-14(20(36)13(10)24(39)27(12,42)25(40)16(22(19)38)26(32)41)21(37)17-15(23(11)43-28(29,30)31)18-9(8-33-17)4-5-35(18)3/h9-10,12,18-19,33,36-37,40,42H,4-8H2,1-3H3,(H2,32,41)/t9?,10-,12-,18?,19-,27+/m1/s1. The molecule has 1 aromatic rings. The number of carbonyl (C=O) groups is 3. The van der Waals surface area contributed by atoms with E-state index in [1.165, 1.54) is 19.0 Å². The fourth-order valence-corrected chi connectivity index (χ4v) is 7.99. The monoisotopic (exact) mass is 608 g/mol. The van der Waals surface area contributed by atoms with Crippen molar-refractivity contribution in [3.05, 3.63) is 33.6 Å². The van der Waals surface area contributed by atoms with Gasteiger partial charge >= 0.3 is 6.36 Å². The van der Waals surface area contributed by atoms with Gasteiger partial charge in [0.1, 0.15) is 22.8 Å². The molecule has 1 aromatic carbocycles. The van der Waals surface area contributed by atoms with E-state index in [9.17, 15) is 48.0 Å². The van der Waals surface area contributed by atoms with E-state index in [1.54, 1.807) is 7.05 Å². The average molecular weight is 609 g/mol. The van der Waals surface area contributed by atoms with Gasteiger partial charge in [0.2, 0.25) is 5.78 Å². The van der Waals surface area contributed by atoms with Gasteiger partial charge in [-0.2, -0.15) is 0 Å². The Labute approximate surface area is 243 Å². The van der Waals surface area contributed by atoms with Crippen molar-refractivity contribution < 1.29 is 52.7 Å². The van der Waals surface area contributed by atoms with Crippen molar-refractivity contribution in [3.63, 3.8) is 0 Å². The third-order valence-corrected chi connectivity index (χ3v) is 9.71. The zero-order valence-corrected chi connectivity index (χ0v) is 23.4. The predicted octanol–water partition coefficient (Wildman–Crippen LogP) is 1.28. The number of primary amides is 1. The Kier molecular flexibility index (Phi) is 6.35. The fraction of sp³-hybridized carbons (Fsp3) is 0.536. The Morgan fingerprint density at radius 1 is 1.21 bits per heavy atom. The number of rotatable bonds is 3. The maximum atomic E-state index is 14.0. The van der Waals surface area contributed by atoms with Gasteiger partial charge in [0, 0.05) is 35.2 Å². The van der Waals surface area contributed by atoms with Gasteiger partial charge < -0.3 is 36.2 Å². The van der Waals surface area contributed by atoms with E-state index in [2.05, 4.69) is 10.1 Å². The molecule has 1 saturated heterocycles. The average Bonchev–Trinajstić information content (AvgIpc) is 3.28. The van der Waals surface area contributed by atoms with Crippen molar-refractivity contribution in [3.8, 4) is 11.5 Å². The summed E-state index contributed by atoms with van der Waals surface area (Å²) in [5.74, 6) is -9.39. The summed E-state index contributed by atoms with van der Waals surface area (Å²) >= 11 is 0. The van der Waals surface area contributed by atoms with Crippen LogP contribution < -0.4 is 15.8 Å². The number of likely N-dealkylation sites (N-methyl/N-ethyl adjacent to an activating group) is 1. The molecule has 7 N–H and O–H groups in total. The summed E-state index contributed by atoms with van der Waals surface area (Å²) in [4.78, 5) is 42.7. The molecule has 2 aliphatic heterocycles. The molecule has 1 amide bonds. The number of nitrogens with one attached hydrogen (secondary N) is 1. The highest BCUT2D eigenvalue weighted by atomic mass is 19.4. The zero-order chi connectivity index (χ0) is 31.5. The molecule has 0 spiro atoms. The number of nitrogens with two attached hydrogens (primary N) is 1. The number of carbonyl (C=O) groups excluding carboxylic acids is 3. The summed E-state index contributed by atoms with van der Waals surface area (Å²) in [5, 5.41) is 48.6. The Balaban J connectivity index is 1.61. The van der Waals surface area contributed by atoms with Crippen molar-refractivity contribution in [2.75, 3.05) is 39.5 Å². The third kappa shape index (κ3) is 3.90. The second-order valence-electron chi connectivity index (χ2n) is 12.2. The Bertz CT molecular complexity index is 1550. The van der Waals surface area contributed by atoms with Crippen molar-refractivity contribution in [1.29, 1.82) is 0 Å². The number of Topliss-reactive ketones (excluding diaryl/α,β-unsaturated/α-hetero) is 2. The summed E-state index contributed by atoms with van der Waals surface area (Å²) in [6.45, 7) is 0.922. The van der Waals surface area contributed by atoms with Crippen LogP contribution in [-0.2, 0) is 20.8 Å². The second-order valence-corrected chi connectivity index (χ2v) is 12.2. The second kappa shape index (κ2) is 9.34. The van der Waals surface area contributed by atoms with Crippen LogP contribution in [0.25, 0.3) is 5.76 Å². The topological polar surface area (TPSA) is 186 Å². The van der Waals surface area contributed by atoms with Crippen LogP contribution in [0.2, 0.25) is 0 Å². The zero-order valence-electron chi connectivity index (χ0n) is 23.4. The van der Waals surface area contributed by atoms with Gasteiger partial charge in [0.25, 0.3) is 5.91 Å². The summed E-state index contributed by atoms with van der Waals surface area (Å²) in [6.07, 6.45) is -5.05. The highest BCUT2D eigenvalue weighted by Gasteiger charge is 2.64. The molecule has 5 aliphatic rings. The van der Waals surface area contributed by atoms with Gasteiger partial charge in [-0.25, -0.2) is 0 Å². The number of alkyl halides is 3. The van der Waals surface area contributed by atoms with Gasteiger partial charge in [0.15, 0.2) is 17.1 Å². The number of amides is 1. The molecule has 0 bridgehead atoms. The number of ether oxygens (including phenoxy) is 1. The SMILES string of the molecule is CN1CCC2CNc3c(O)c4c(c(OC(F)(F)F)c3C21)C[C@@H]1C[C@@H]2[C@@H](N(C)C)C(=O)C(C(N)=O)=C(O)[C@@]2(O)C(=O)C1=C4O. The van der Waals surface area contributed by atoms with E-state index < -0.39 is 93.1 Å². The molecule has 43 heavy (non-hydrogen) atoms. The van der Waals surface area contributed by atoms with Crippen molar-refractivity contribution >= 4 is 28.9 Å². The Hall–Kier alpha value is -3.82. The molecule has 6 rings (SSSR count). The van der Waals surface area contributed by atoms with Crippen molar-refractivity contribution in [2.45, 2.75) is 43.3 Å². The minimum atomic E-state index is -5.14. The highest BCUT2D eigenvalue weighted by Crippen LogP contribution is 2.59. The van der Waals surface area contributed by atoms with E-state index in [0.29, 0.717) is 19.5 Å². The lowest BCUT2D eigenvalue weighted by Gasteiger charge is -2.50. The smallest absolute Gasteiger partial charge is 0.508 e. The summed E-state index contributed by atoms with van der Waals surface area (Å²) in [6, 6.07) is -1.85. The lowest BCUT2D eigenvalue weighted by Crippen LogP contribution is -2.65. The normalized spacial score (nSPS) is 32.1. The molecule has 6 atom stereocenters. The summed E-state index contributed by atoms with van der Waals surface area (Å²) < 4.78 is 46.4. The lowest BCUT2D eigenvalue weighted by atomic mass is 9.57. The molecule has 232 valence electrons. The number of aliphatic hydroxyl groups is 3. The van der Waals surface area contributed by atoms with Gasteiger partial charge in [-0.3, -0.25) is 24.2 Å². The molecule has 12 nitrogen and oxygen atoms in total. The number of aromatic hydroxyl groups is 1. The number of nitrogens with zero attached hydrogens (tertiary/aromatic N) is 2. The number of halogens is 3. The Morgan fingerprint density at radius 3 is 2.49 bits per heavy atom. The van der Waals surface area contributed by atoms with Crippen LogP contribution in [0.3, 0.4) is 0 Å². The number of aliphatic hydroxyl groups excluding tert-OH is 2. The van der Waals surface area contributed by atoms with Crippen LogP contribution >= 0.6 is 0 Å². The van der Waals surface area contributed by atoms with Crippen LogP contribution in [0, 0.1) is 17.8 Å². The lowest BCUT2D eigenvalue weighted by molar-refractivity contribution is -0.275. The molecule has 15 heteroatoms. The first-order valence-electron chi connectivity index (χ1n) is 13.8. The van der Waals surface area contributed by atoms with E-state index in [-0.39, 0.29) is 35.6 Å². The number of benzene rings is 1. The number of fused-ring (bicyclic) bond motifs is 6. The predicted molar refractivity (Wildman–Crippen MR) is 143 cm³/mol. The van der Waals surface area contributed by atoms with Crippen LogP contribution in [0.5, 0.6) is 11.5 Å². The fourth-order valence-electron chi connectivity index (χ4n) is 7.99. The number of hydrogen-bond donors (Lipinski definition) is 6.